The molecule has 6 atom stereocenters. The summed E-state index contributed by atoms with van der Waals surface area (Å²) in [6.45, 7) is 9.41. The maximum atomic E-state index is 13.0. The second-order valence-electron chi connectivity index (χ2n) is 24.6. The molecule has 85 heavy (non-hydrogen) atoms. The average molecular weight is 1260 g/mol. The molecule has 0 saturated carbocycles. The van der Waals surface area contributed by atoms with E-state index in [4.69, 9.17) is 37.0 Å². The molecule has 0 aromatic heterocycles. The zero-order valence-corrected chi connectivity index (χ0v) is 56.7. The van der Waals surface area contributed by atoms with Gasteiger partial charge in [0.05, 0.1) is 26.4 Å². The Labute approximate surface area is 517 Å². The smallest absolute Gasteiger partial charge is 0.462 e. The van der Waals surface area contributed by atoms with E-state index in [9.17, 15) is 43.2 Å². The van der Waals surface area contributed by atoms with E-state index in [-0.39, 0.29) is 25.7 Å². The average Bonchev–Trinajstić information content (AvgIpc) is 3.58. The lowest BCUT2D eigenvalue weighted by atomic mass is 9.99. The third-order valence-corrected chi connectivity index (χ3v) is 17.5. The molecular weight excluding hydrogens is 1130 g/mol. The Kier molecular flexibility index (Phi) is 57.1. The fourth-order valence-electron chi connectivity index (χ4n) is 9.85. The first-order valence-corrected chi connectivity index (χ1v) is 37.5. The molecule has 19 heteroatoms. The fourth-order valence-corrected chi connectivity index (χ4v) is 11.4. The first-order chi connectivity index (χ1) is 40.9. The van der Waals surface area contributed by atoms with Gasteiger partial charge < -0.3 is 33.8 Å². The number of ether oxygens (including phenoxy) is 4. The zero-order valence-electron chi connectivity index (χ0n) is 54.9. The number of carbonyl (C=O) groups excluding carboxylic acids is 4. The number of phosphoric ester groups is 2. The number of esters is 4. The van der Waals surface area contributed by atoms with Crippen molar-refractivity contribution in [2.75, 3.05) is 39.6 Å². The minimum Gasteiger partial charge on any atom is -0.462 e. The molecular formula is C66H128O17P2. The molecule has 17 nitrogen and oxygen atoms in total. The number of rotatable bonds is 65. The highest BCUT2D eigenvalue weighted by Gasteiger charge is 2.30. The summed E-state index contributed by atoms with van der Waals surface area (Å²) >= 11 is 0. The van der Waals surface area contributed by atoms with Gasteiger partial charge in [-0.2, -0.15) is 0 Å². The van der Waals surface area contributed by atoms with Gasteiger partial charge in [0.15, 0.2) is 12.2 Å². The van der Waals surface area contributed by atoms with Crippen LogP contribution in [0.25, 0.3) is 0 Å². The summed E-state index contributed by atoms with van der Waals surface area (Å²) in [6.07, 6.45) is 42.3. The summed E-state index contributed by atoms with van der Waals surface area (Å²) in [5, 5.41) is 10.5. The van der Waals surface area contributed by atoms with E-state index in [1.807, 2.05) is 0 Å². The van der Waals surface area contributed by atoms with Gasteiger partial charge in [0, 0.05) is 25.7 Å². The van der Waals surface area contributed by atoms with E-state index in [0.717, 1.165) is 128 Å². The molecule has 0 saturated heterocycles. The molecule has 504 valence electrons. The number of unbranched alkanes of at least 4 members (excludes halogenated alkanes) is 34. The second-order valence-corrected chi connectivity index (χ2v) is 27.5. The molecule has 0 aromatic carbocycles. The molecule has 0 spiro atoms. The van der Waals surface area contributed by atoms with Crippen molar-refractivity contribution in [1.29, 1.82) is 0 Å². The van der Waals surface area contributed by atoms with Gasteiger partial charge in [0.2, 0.25) is 0 Å². The van der Waals surface area contributed by atoms with Crippen LogP contribution in [-0.2, 0) is 65.4 Å². The van der Waals surface area contributed by atoms with Crippen molar-refractivity contribution in [1.82, 2.24) is 0 Å². The van der Waals surface area contributed by atoms with Crippen molar-refractivity contribution in [3.63, 3.8) is 0 Å². The molecule has 0 amide bonds. The maximum absolute atomic E-state index is 13.0. The van der Waals surface area contributed by atoms with Crippen LogP contribution >= 0.6 is 15.6 Å². The minimum atomic E-state index is -4.94. The van der Waals surface area contributed by atoms with Gasteiger partial charge in [-0.1, -0.05) is 279 Å². The molecule has 0 heterocycles. The lowest BCUT2D eigenvalue weighted by Gasteiger charge is -2.21. The van der Waals surface area contributed by atoms with Crippen LogP contribution in [0.5, 0.6) is 0 Å². The predicted molar refractivity (Wildman–Crippen MR) is 340 cm³/mol. The zero-order chi connectivity index (χ0) is 62.9. The molecule has 3 N–H and O–H groups in total. The summed E-state index contributed by atoms with van der Waals surface area (Å²) in [6, 6.07) is 0. The van der Waals surface area contributed by atoms with Crippen LogP contribution in [0.1, 0.15) is 330 Å². The van der Waals surface area contributed by atoms with Crippen LogP contribution in [0, 0.1) is 11.8 Å². The van der Waals surface area contributed by atoms with Crippen molar-refractivity contribution in [3.05, 3.63) is 0 Å². The van der Waals surface area contributed by atoms with Crippen LogP contribution in [0.2, 0.25) is 0 Å². The summed E-state index contributed by atoms with van der Waals surface area (Å²) < 4.78 is 67.8. The third kappa shape index (κ3) is 59.5. The molecule has 0 aromatic rings. The lowest BCUT2D eigenvalue weighted by Crippen LogP contribution is -2.30. The van der Waals surface area contributed by atoms with E-state index in [2.05, 4.69) is 41.5 Å². The Hall–Kier alpha value is -1.94. The Bertz CT molecular complexity index is 1670. The second kappa shape index (κ2) is 58.4. The van der Waals surface area contributed by atoms with Gasteiger partial charge in [0.25, 0.3) is 0 Å². The Morgan fingerprint density at radius 1 is 0.341 bits per heavy atom. The number of hydrogen-bond donors (Lipinski definition) is 3. The normalized spacial score (nSPS) is 14.6. The van der Waals surface area contributed by atoms with Crippen LogP contribution in [0.15, 0.2) is 0 Å². The van der Waals surface area contributed by atoms with Crippen LogP contribution in [0.4, 0.5) is 0 Å². The molecule has 0 bridgehead atoms. The predicted octanol–water partition coefficient (Wildman–Crippen LogP) is 18.4. The quantitative estimate of drug-likeness (QED) is 0.0222. The fraction of sp³-hybridized carbons (Fsp3) is 0.939. The first-order valence-electron chi connectivity index (χ1n) is 34.5. The highest BCUT2D eigenvalue weighted by Crippen LogP contribution is 2.45. The molecule has 0 rings (SSSR count). The van der Waals surface area contributed by atoms with Crippen LogP contribution < -0.4 is 0 Å². The standard InChI is InChI=1S/C66H128O17P2/c1-7-10-12-14-28-36-42-48-63(68)76-54-61(82-65(70)50-44-38-29-15-13-11-8-2)56-80-84(72,73)78-52-60(67)53-79-85(74,75)81-57-62(55-77-64(69)49-43-37-33-32-34-40-46-58(4)5)83-66(71)51-45-39-31-27-25-23-21-19-17-16-18-20-22-24-26-30-35-41-47-59(6)9-3/h58-62,67H,7-57H2,1-6H3,(H,72,73)(H,74,75)/t59?,60-,61+,62+/m0/s1. The van der Waals surface area contributed by atoms with Crippen LogP contribution in [0.3, 0.4) is 0 Å². The Morgan fingerprint density at radius 2 is 0.600 bits per heavy atom. The minimum absolute atomic E-state index is 0.103. The SMILES string of the molecule is CCCCCCCCCC(=O)OC[C@H](COP(=O)(O)OC[C@H](O)COP(=O)(O)OC[C@@H](COC(=O)CCCCCCCCC(C)C)OC(=O)CCCCCCCCCCCCCCCCCCCCC(C)CC)OC(=O)CCCCCCCCC. The number of carbonyl (C=O) groups is 4. The molecule has 0 aliphatic carbocycles. The Balaban J connectivity index is 5.04. The number of phosphoric acid groups is 2. The van der Waals surface area contributed by atoms with Crippen molar-refractivity contribution >= 4 is 39.5 Å². The van der Waals surface area contributed by atoms with E-state index < -0.39 is 97.5 Å². The number of aliphatic hydroxyl groups is 1. The number of hydrogen-bond acceptors (Lipinski definition) is 15. The van der Waals surface area contributed by atoms with E-state index in [0.29, 0.717) is 31.6 Å². The summed E-state index contributed by atoms with van der Waals surface area (Å²) in [5.41, 5.74) is 0. The molecule has 0 radical (unpaired) electrons. The first kappa shape index (κ1) is 83.1. The largest absolute Gasteiger partial charge is 0.472 e. The third-order valence-electron chi connectivity index (χ3n) is 15.6. The van der Waals surface area contributed by atoms with E-state index in [1.165, 1.54) is 116 Å². The van der Waals surface area contributed by atoms with Gasteiger partial charge in [-0.3, -0.25) is 37.3 Å². The molecule has 0 fully saturated rings. The lowest BCUT2D eigenvalue weighted by molar-refractivity contribution is -0.161. The summed E-state index contributed by atoms with van der Waals surface area (Å²) in [4.78, 5) is 71.9. The van der Waals surface area contributed by atoms with Crippen molar-refractivity contribution in [2.45, 2.75) is 349 Å². The molecule has 0 aliphatic rings. The highest BCUT2D eigenvalue weighted by atomic mass is 31.2. The Morgan fingerprint density at radius 3 is 0.894 bits per heavy atom. The van der Waals surface area contributed by atoms with Gasteiger partial charge in [0.1, 0.15) is 19.3 Å². The molecule has 3 unspecified atom stereocenters. The van der Waals surface area contributed by atoms with E-state index >= 15 is 0 Å². The summed E-state index contributed by atoms with van der Waals surface area (Å²) in [7, 11) is -9.88. The van der Waals surface area contributed by atoms with Gasteiger partial charge in [-0.05, 0) is 37.5 Å². The van der Waals surface area contributed by atoms with Crippen LogP contribution in [-0.4, -0.2) is 96.7 Å². The topological polar surface area (TPSA) is 237 Å². The highest BCUT2D eigenvalue weighted by molar-refractivity contribution is 7.47. The van der Waals surface area contributed by atoms with Crippen molar-refractivity contribution in [3.8, 4) is 0 Å². The maximum Gasteiger partial charge on any atom is 0.472 e. The molecule has 0 aliphatic heterocycles. The van der Waals surface area contributed by atoms with Crippen molar-refractivity contribution < 1.29 is 80.2 Å². The monoisotopic (exact) mass is 1250 g/mol. The van der Waals surface area contributed by atoms with E-state index in [1.54, 1.807) is 0 Å². The number of aliphatic hydroxyl groups excluding tert-OH is 1. The van der Waals surface area contributed by atoms with Gasteiger partial charge in [-0.25, -0.2) is 9.13 Å². The van der Waals surface area contributed by atoms with Gasteiger partial charge in [-0.15, -0.1) is 0 Å². The summed E-state index contributed by atoms with van der Waals surface area (Å²) in [5.74, 6) is -0.593. The van der Waals surface area contributed by atoms with Gasteiger partial charge >= 0.3 is 39.5 Å². The van der Waals surface area contributed by atoms with Crippen molar-refractivity contribution in [2.24, 2.45) is 11.8 Å².